The molecular weight excluding hydrogens is 387 g/mol. The Hall–Kier alpha value is -0.0400. The Balaban J connectivity index is 0.00000242. The van der Waals surface area contributed by atoms with Crippen molar-refractivity contribution in [3.63, 3.8) is 0 Å². The second kappa shape index (κ2) is 10.7. The number of nitrogens with one attached hydrogen (secondary N) is 2. The minimum atomic E-state index is 0. The highest BCUT2D eigenvalue weighted by Crippen LogP contribution is 2.26. The summed E-state index contributed by atoms with van der Waals surface area (Å²) in [5, 5.41) is 7.20. The fourth-order valence-electron chi connectivity index (χ4n) is 3.86. The third kappa shape index (κ3) is 6.60. The van der Waals surface area contributed by atoms with E-state index in [0.717, 1.165) is 24.3 Å². The maximum atomic E-state index is 4.42. The van der Waals surface area contributed by atoms with Crippen LogP contribution in [0.25, 0.3) is 0 Å². The molecule has 0 aromatic heterocycles. The van der Waals surface area contributed by atoms with Crippen molar-refractivity contribution >= 4 is 29.9 Å². The van der Waals surface area contributed by atoms with Crippen LogP contribution in [-0.2, 0) is 0 Å². The minimum Gasteiger partial charge on any atom is -0.356 e. The molecule has 1 heterocycles. The smallest absolute Gasteiger partial charge is 0.191 e. The molecule has 0 radical (unpaired) electrons. The van der Waals surface area contributed by atoms with E-state index >= 15 is 0 Å². The molecule has 2 aliphatic rings. The number of piperidine rings is 1. The van der Waals surface area contributed by atoms with Gasteiger partial charge < -0.3 is 15.5 Å². The standard InChI is InChI=1S/C17H34N4.HI/c1-4-14-7-5-9-16(11-14)20-17(18-2)19-12-15-8-6-10-21(3)13-15;/h14-16H,4-13H2,1-3H3,(H2,18,19,20);1H. The highest BCUT2D eigenvalue weighted by molar-refractivity contribution is 14.0. The van der Waals surface area contributed by atoms with Gasteiger partial charge in [0.05, 0.1) is 0 Å². The molecule has 2 rings (SSSR count). The topological polar surface area (TPSA) is 39.7 Å². The quantitative estimate of drug-likeness (QED) is 0.416. The van der Waals surface area contributed by atoms with Crippen molar-refractivity contribution in [2.24, 2.45) is 16.8 Å². The Morgan fingerprint density at radius 1 is 1.18 bits per heavy atom. The number of halogens is 1. The summed E-state index contributed by atoms with van der Waals surface area (Å²) in [5.41, 5.74) is 0. The molecule has 3 unspecified atom stereocenters. The van der Waals surface area contributed by atoms with Gasteiger partial charge in [-0.25, -0.2) is 0 Å². The van der Waals surface area contributed by atoms with Crippen molar-refractivity contribution in [3.8, 4) is 0 Å². The molecular formula is C17H35IN4. The molecule has 1 saturated heterocycles. The second-order valence-electron chi connectivity index (χ2n) is 7.01. The van der Waals surface area contributed by atoms with Crippen LogP contribution in [0.15, 0.2) is 4.99 Å². The lowest BCUT2D eigenvalue weighted by Gasteiger charge is -2.32. The molecule has 0 aromatic carbocycles. The van der Waals surface area contributed by atoms with E-state index in [1.807, 2.05) is 7.05 Å². The van der Waals surface area contributed by atoms with E-state index in [1.165, 1.54) is 58.0 Å². The lowest BCUT2D eigenvalue weighted by molar-refractivity contribution is 0.210. The lowest BCUT2D eigenvalue weighted by atomic mass is 9.84. The Morgan fingerprint density at radius 2 is 1.95 bits per heavy atom. The van der Waals surface area contributed by atoms with E-state index in [0.29, 0.717) is 6.04 Å². The van der Waals surface area contributed by atoms with Crippen molar-refractivity contribution in [1.29, 1.82) is 0 Å². The van der Waals surface area contributed by atoms with Crippen LogP contribution in [0.2, 0.25) is 0 Å². The van der Waals surface area contributed by atoms with Gasteiger partial charge in [0, 0.05) is 26.2 Å². The lowest BCUT2D eigenvalue weighted by Crippen LogP contribution is -2.47. The summed E-state index contributed by atoms with van der Waals surface area (Å²) in [5.74, 6) is 2.67. The van der Waals surface area contributed by atoms with Crippen LogP contribution in [0.4, 0.5) is 0 Å². The SMILES string of the molecule is CCC1CCCC(NC(=NC)NCC2CCCN(C)C2)C1.I. The van der Waals surface area contributed by atoms with E-state index in [9.17, 15) is 0 Å². The molecule has 0 aromatic rings. The molecule has 2 N–H and O–H groups in total. The van der Waals surface area contributed by atoms with Gasteiger partial charge in [-0.2, -0.15) is 0 Å². The van der Waals surface area contributed by atoms with Crippen LogP contribution >= 0.6 is 24.0 Å². The molecule has 0 amide bonds. The average molecular weight is 422 g/mol. The van der Waals surface area contributed by atoms with Crippen LogP contribution < -0.4 is 10.6 Å². The first kappa shape index (κ1) is 20.0. The third-order valence-corrected chi connectivity index (χ3v) is 5.20. The third-order valence-electron chi connectivity index (χ3n) is 5.20. The number of rotatable bonds is 4. The van der Waals surface area contributed by atoms with E-state index in [4.69, 9.17) is 0 Å². The number of likely N-dealkylation sites (tertiary alicyclic amines) is 1. The molecule has 130 valence electrons. The summed E-state index contributed by atoms with van der Waals surface area (Å²) < 4.78 is 0. The zero-order chi connectivity index (χ0) is 15.1. The summed E-state index contributed by atoms with van der Waals surface area (Å²) in [4.78, 5) is 6.86. The first-order valence-electron chi connectivity index (χ1n) is 8.87. The van der Waals surface area contributed by atoms with E-state index < -0.39 is 0 Å². The van der Waals surface area contributed by atoms with Gasteiger partial charge in [0.25, 0.3) is 0 Å². The highest BCUT2D eigenvalue weighted by atomic mass is 127. The Morgan fingerprint density at radius 3 is 2.64 bits per heavy atom. The van der Waals surface area contributed by atoms with Crippen molar-refractivity contribution in [2.75, 3.05) is 33.7 Å². The van der Waals surface area contributed by atoms with E-state index in [1.54, 1.807) is 0 Å². The molecule has 0 bridgehead atoms. The summed E-state index contributed by atoms with van der Waals surface area (Å²) in [6, 6.07) is 0.615. The first-order chi connectivity index (χ1) is 10.2. The van der Waals surface area contributed by atoms with Gasteiger partial charge in [-0.1, -0.05) is 26.2 Å². The number of aliphatic imine (C=N–C) groups is 1. The average Bonchev–Trinajstić information content (AvgIpc) is 2.51. The molecule has 3 atom stereocenters. The van der Waals surface area contributed by atoms with Gasteiger partial charge in [-0.3, -0.25) is 4.99 Å². The van der Waals surface area contributed by atoms with Crippen LogP contribution in [0.5, 0.6) is 0 Å². The van der Waals surface area contributed by atoms with Crippen molar-refractivity contribution in [1.82, 2.24) is 15.5 Å². The molecule has 4 nitrogen and oxygen atoms in total. The fraction of sp³-hybridized carbons (Fsp3) is 0.941. The van der Waals surface area contributed by atoms with Gasteiger partial charge in [0.15, 0.2) is 5.96 Å². The monoisotopic (exact) mass is 422 g/mol. The predicted molar refractivity (Wildman–Crippen MR) is 106 cm³/mol. The van der Waals surface area contributed by atoms with Crippen LogP contribution in [0.1, 0.15) is 51.9 Å². The summed E-state index contributed by atoms with van der Waals surface area (Å²) in [6.07, 6.45) is 9.37. The van der Waals surface area contributed by atoms with Crippen molar-refractivity contribution in [2.45, 2.75) is 57.9 Å². The highest BCUT2D eigenvalue weighted by Gasteiger charge is 2.22. The summed E-state index contributed by atoms with van der Waals surface area (Å²) >= 11 is 0. The van der Waals surface area contributed by atoms with Gasteiger partial charge in [-0.15, -0.1) is 24.0 Å². The molecule has 0 spiro atoms. The molecule has 1 aliphatic heterocycles. The Labute approximate surface area is 153 Å². The number of guanidine groups is 1. The van der Waals surface area contributed by atoms with Gasteiger partial charge >= 0.3 is 0 Å². The zero-order valence-corrected chi connectivity index (χ0v) is 16.9. The number of nitrogens with zero attached hydrogens (tertiary/aromatic N) is 2. The Bertz CT molecular complexity index is 335. The largest absolute Gasteiger partial charge is 0.356 e. The summed E-state index contributed by atoms with van der Waals surface area (Å²) in [7, 11) is 4.12. The minimum absolute atomic E-state index is 0. The molecule has 22 heavy (non-hydrogen) atoms. The first-order valence-corrected chi connectivity index (χ1v) is 8.87. The van der Waals surface area contributed by atoms with E-state index in [2.05, 4.69) is 34.5 Å². The maximum absolute atomic E-state index is 4.42. The number of hydrogen-bond acceptors (Lipinski definition) is 2. The van der Waals surface area contributed by atoms with Gasteiger partial charge in [0.1, 0.15) is 0 Å². The van der Waals surface area contributed by atoms with Gasteiger partial charge in [-0.05, 0) is 51.1 Å². The van der Waals surface area contributed by atoms with Crippen LogP contribution in [-0.4, -0.2) is 50.6 Å². The zero-order valence-electron chi connectivity index (χ0n) is 14.6. The maximum Gasteiger partial charge on any atom is 0.191 e. The van der Waals surface area contributed by atoms with Crippen molar-refractivity contribution < 1.29 is 0 Å². The van der Waals surface area contributed by atoms with Crippen molar-refractivity contribution in [3.05, 3.63) is 0 Å². The Kier molecular flexibility index (Phi) is 9.71. The molecule has 2 fully saturated rings. The molecule has 1 saturated carbocycles. The van der Waals surface area contributed by atoms with Crippen LogP contribution in [0, 0.1) is 11.8 Å². The van der Waals surface area contributed by atoms with Crippen LogP contribution in [0.3, 0.4) is 0 Å². The fourth-order valence-corrected chi connectivity index (χ4v) is 3.86. The molecule has 1 aliphatic carbocycles. The molecule has 5 heteroatoms. The predicted octanol–water partition coefficient (Wildman–Crippen LogP) is 3.08. The number of hydrogen-bond donors (Lipinski definition) is 2. The second-order valence-corrected chi connectivity index (χ2v) is 7.01. The summed E-state index contributed by atoms with van der Waals surface area (Å²) in [6.45, 7) is 5.84. The normalized spacial score (nSPS) is 30.5. The van der Waals surface area contributed by atoms with E-state index in [-0.39, 0.29) is 24.0 Å². The van der Waals surface area contributed by atoms with Gasteiger partial charge in [0.2, 0.25) is 0 Å².